The van der Waals surface area contributed by atoms with Gasteiger partial charge in [0.05, 0.1) is 5.33 Å². The zero-order valence-electron chi connectivity index (χ0n) is 17.1. The van der Waals surface area contributed by atoms with Gasteiger partial charge in [0.15, 0.2) is 0 Å². The Hall–Kier alpha value is -0.380. The summed E-state index contributed by atoms with van der Waals surface area (Å²) in [4.78, 5) is 24.0. The van der Waals surface area contributed by atoms with Gasteiger partial charge >= 0.3 is 5.97 Å². The van der Waals surface area contributed by atoms with Crippen molar-refractivity contribution >= 4 is 27.7 Å². The monoisotopic (exact) mass is 438 g/mol. The number of esters is 1. The van der Waals surface area contributed by atoms with Crippen LogP contribution in [0.2, 0.25) is 0 Å². The van der Waals surface area contributed by atoms with Gasteiger partial charge in [-0.1, -0.05) is 29.8 Å². The number of Topliss-reactive ketones (excluding diaryl/α,β-unsaturated/α-hetero) is 1. The van der Waals surface area contributed by atoms with Crippen molar-refractivity contribution in [3.05, 3.63) is 0 Å². The molecule has 0 N–H and O–H groups in total. The maximum atomic E-state index is 12.6. The molecule has 152 valence electrons. The molecule has 0 saturated heterocycles. The molecule has 0 radical (unpaired) electrons. The van der Waals surface area contributed by atoms with Crippen LogP contribution >= 0.6 is 15.9 Å². The minimum absolute atomic E-state index is 0.126. The van der Waals surface area contributed by atoms with Crippen LogP contribution in [0.1, 0.15) is 78.6 Å². The Balaban J connectivity index is 1.53. The molecule has 8 unspecified atom stereocenters. The minimum Gasteiger partial charge on any atom is -0.463 e. The molecule has 0 aromatic rings. The molecule has 4 fully saturated rings. The van der Waals surface area contributed by atoms with Crippen molar-refractivity contribution < 1.29 is 14.3 Å². The number of carbonyl (C=O) groups is 2. The first-order valence-electron chi connectivity index (χ1n) is 11.1. The van der Waals surface area contributed by atoms with E-state index in [9.17, 15) is 9.59 Å². The molecule has 8 atom stereocenters. The van der Waals surface area contributed by atoms with E-state index in [2.05, 4.69) is 29.8 Å². The zero-order chi connectivity index (χ0) is 19.4. The summed E-state index contributed by atoms with van der Waals surface area (Å²) in [5, 5.41) is 0.519. The smallest absolute Gasteiger partial charge is 0.302 e. The highest BCUT2D eigenvalue weighted by molar-refractivity contribution is 9.09. The maximum Gasteiger partial charge on any atom is 0.302 e. The van der Waals surface area contributed by atoms with Crippen molar-refractivity contribution in [2.24, 2.45) is 40.4 Å². The second-order valence-electron chi connectivity index (χ2n) is 10.4. The van der Waals surface area contributed by atoms with Crippen LogP contribution in [0.5, 0.6) is 0 Å². The van der Waals surface area contributed by atoms with Crippen molar-refractivity contribution in [3.63, 3.8) is 0 Å². The average Bonchev–Trinajstić information content (AvgIpc) is 2.98. The standard InChI is InChI=1S/C23H35BrO3/c1-14(25)27-16-8-10-22(2)15(12-16)4-5-17-18-6-7-20(21(26)13-24)23(18,3)11-9-19(17)22/h15-20H,4-13H2,1-3H3. The number of alkyl halides is 1. The first-order chi connectivity index (χ1) is 12.8. The highest BCUT2D eigenvalue weighted by Crippen LogP contribution is 2.67. The van der Waals surface area contributed by atoms with Crippen LogP contribution in [0, 0.1) is 40.4 Å². The normalized spacial score (nSPS) is 48.9. The van der Waals surface area contributed by atoms with Crippen LogP contribution < -0.4 is 0 Å². The number of ketones is 1. The molecule has 0 spiro atoms. The van der Waals surface area contributed by atoms with Crippen LogP contribution in [0.25, 0.3) is 0 Å². The molecule has 3 nitrogen and oxygen atoms in total. The van der Waals surface area contributed by atoms with Gasteiger partial charge in [-0.3, -0.25) is 9.59 Å². The summed E-state index contributed by atoms with van der Waals surface area (Å²) in [5.74, 6) is 3.59. The lowest BCUT2D eigenvalue weighted by molar-refractivity contribution is -0.160. The Labute approximate surface area is 172 Å². The third-order valence-electron chi connectivity index (χ3n) is 9.47. The van der Waals surface area contributed by atoms with E-state index in [4.69, 9.17) is 4.74 Å². The first kappa shape index (κ1) is 19.9. The molecule has 0 aliphatic heterocycles. The van der Waals surface area contributed by atoms with Gasteiger partial charge in [-0.2, -0.15) is 0 Å². The van der Waals surface area contributed by atoms with E-state index in [1.807, 2.05) is 0 Å². The molecule has 4 saturated carbocycles. The van der Waals surface area contributed by atoms with Gasteiger partial charge in [-0.05, 0) is 92.3 Å². The summed E-state index contributed by atoms with van der Waals surface area (Å²) in [6.07, 6.45) is 10.9. The minimum atomic E-state index is -0.126. The van der Waals surface area contributed by atoms with E-state index in [-0.39, 0.29) is 23.4 Å². The van der Waals surface area contributed by atoms with Gasteiger partial charge in [0, 0.05) is 12.8 Å². The summed E-state index contributed by atoms with van der Waals surface area (Å²) in [5.41, 5.74) is 0.628. The van der Waals surface area contributed by atoms with E-state index in [0.29, 0.717) is 22.4 Å². The maximum absolute atomic E-state index is 12.6. The Kier molecular flexibility index (Phi) is 5.27. The van der Waals surface area contributed by atoms with Crippen LogP contribution in [-0.4, -0.2) is 23.2 Å². The molecule has 0 amide bonds. The summed E-state index contributed by atoms with van der Waals surface area (Å²) >= 11 is 3.43. The second kappa shape index (κ2) is 7.15. The summed E-state index contributed by atoms with van der Waals surface area (Å²) in [6, 6.07) is 0. The summed E-state index contributed by atoms with van der Waals surface area (Å²) in [7, 11) is 0. The molecule has 0 bridgehead atoms. The van der Waals surface area contributed by atoms with Gasteiger partial charge in [-0.25, -0.2) is 0 Å². The number of fused-ring (bicyclic) bond motifs is 5. The number of hydrogen-bond donors (Lipinski definition) is 0. The van der Waals surface area contributed by atoms with E-state index in [1.54, 1.807) is 0 Å². The van der Waals surface area contributed by atoms with Crippen LogP contribution in [-0.2, 0) is 14.3 Å². The number of hydrogen-bond acceptors (Lipinski definition) is 3. The second-order valence-corrected chi connectivity index (χ2v) is 11.0. The Morgan fingerprint density at radius 1 is 0.963 bits per heavy atom. The van der Waals surface area contributed by atoms with Gasteiger partial charge in [0.1, 0.15) is 11.9 Å². The fourth-order valence-electron chi connectivity index (χ4n) is 8.18. The lowest BCUT2D eigenvalue weighted by Gasteiger charge is -2.61. The van der Waals surface area contributed by atoms with Crippen molar-refractivity contribution in [2.75, 3.05) is 5.33 Å². The topological polar surface area (TPSA) is 43.4 Å². The first-order valence-corrected chi connectivity index (χ1v) is 12.2. The van der Waals surface area contributed by atoms with Crippen molar-refractivity contribution in [1.82, 2.24) is 0 Å². The molecule has 4 rings (SSSR count). The van der Waals surface area contributed by atoms with E-state index in [0.717, 1.165) is 37.0 Å². The van der Waals surface area contributed by atoms with Gasteiger partial charge in [-0.15, -0.1) is 0 Å². The van der Waals surface area contributed by atoms with E-state index < -0.39 is 0 Å². The van der Waals surface area contributed by atoms with Gasteiger partial charge in [0.2, 0.25) is 0 Å². The summed E-state index contributed by atoms with van der Waals surface area (Å²) in [6.45, 7) is 6.51. The van der Waals surface area contributed by atoms with Crippen LogP contribution in [0.3, 0.4) is 0 Å². The summed E-state index contributed by atoms with van der Waals surface area (Å²) < 4.78 is 5.58. The lowest BCUT2D eigenvalue weighted by Crippen LogP contribution is -2.54. The molecular formula is C23H35BrO3. The van der Waals surface area contributed by atoms with Crippen LogP contribution in [0.15, 0.2) is 0 Å². The molecule has 27 heavy (non-hydrogen) atoms. The Bertz CT molecular complexity index is 619. The predicted molar refractivity (Wildman–Crippen MR) is 110 cm³/mol. The fourth-order valence-corrected chi connectivity index (χ4v) is 8.57. The Morgan fingerprint density at radius 2 is 1.67 bits per heavy atom. The highest BCUT2D eigenvalue weighted by Gasteiger charge is 2.61. The van der Waals surface area contributed by atoms with Crippen molar-refractivity contribution in [2.45, 2.75) is 84.7 Å². The van der Waals surface area contributed by atoms with Gasteiger partial charge < -0.3 is 4.74 Å². The largest absolute Gasteiger partial charge is 0.463 e. The lowest BCUT2D eigenvalue weighted by atomic mass is 9.44. The van der Waals surface area contributed by atoms with Crippen molar-refractivity contribution in [1.29, 1.82) is 0 Å². The molecule has 4 aliphatic rings. The SMILES string of the molecule is CC(=O)OC1CCC2(C)C(CCC3C2CCC2(C)C(C(=O)CBr)CCC32)C1. The molecule has 0 aromatic heterocycles. The molecule has 0 heterocycles. The van der Waals surface area contributed by atoms with Gasteiger partial charge in [0.25, 0.3) is 0 Å². The molecule has 0 aromatic carbocycles. The molecule has 4 aliphatic carbocycles. The number of rotatable bonds is 3. The third-order valence-corrected chi connectivity index (χ3v) is 10.0. The zero-order valence-corrected chi connectivity index (χ0v) is 18.7. The van der Waals surface area contributed by atoms with Crippen molar-refractivity contribution in [3.8, 4) is 0 Å². The number of halogens is 1. The third kappa shape index (κ3) is 3.13. The van der Waals surface area contributed by atoms with E-state index in [1.165, 1.54) is 45.4 Å². The number of carbonyl (C=O) groups excluding carboxylic acids is 2. The van der Waals surface area contributed by atoms with E-state index >= 15 is 0 Å². The predicted octanol–water partition coefficient (Wildman–Crippen LogP) is 5.54. The quantitative estimate of drug-likeness (QED) is 0.428. The average molecular weight is 439 g/mol. The Morgan fingerprint density at radius 3 is 2.37 bits per heavy atom. The number of ether oxygens (including phenoxy) is 1. The highest BCUT2D eigenvalue weighted by atomic mass is 79.9. The molecule has 4 heteroatoms. The molecular weight excluding hydrogens is 404 g/mol. The fraction of sp³-hybridized carbons (Fsp3) is 0.913. The van der Waals surface area contributed by atoms with Crippen LogP contribution in [0.4, 0.5) is 0 Å².